The molecule has 0 saturated heterocycles. The first-order valence-electron chi connectivity index (χ1n) is 23.4. The second-order valence-electron chi connectivity index (χ2n) is 15.0. The normalized spacial score (nSPS) is 13.1. The smallest absolute Gasteiger partial charge is 0.306 e. The van der Waals surface area contributed by atoms with Gasteiger partial charge in [-0.15, -0.1) is 0 Å². The largest absolute Gasteiger partial charge is 0.462 e. The zero-order valence-corrected chi connectivity index (χ0v) is 37.7. The van der Waals surface area contributed by atoms with E-state index < -0.39 is 6.10 Å². The highest BCUT2D eigenvalue weighted by molar-refractivity contribution is 5.71. The number of hydrogen-bond acceptors (Lipinski definition) is 6. The number of ether oxygens (including phenoxy) is 3. The van der Waals surface area contributed by atoms with E-state index >= 15 is 0 Å². The first kappa shape index (κ1) is 55.1. The van der Waals surface area contributed by atoms with Crippen LogP contribution in [0.5, 0.6) is 0 Å². The van der Waals surface area contributed by atoms with E-state index in [0.29, 0.717) is 12.8 Å². The van der Waals surface area contributed by atoms with E-state index in [1.165, 1.54) is 19.3 Å². The molecular formula is C53H84O6. The van der Waals surface area contributed by atoms with Crippen molar-refractivity contribution < 1.29 is 28.6 Å². The molecule has 1 atom stereocenters. The van der Waals surface area contributed by atoms with Crippen LogP contribution in [-0.4, -0.2) is 37.2 Å². The molecule has 0 aliphatic carbocycles. The van der Waals surface area contributed by atoms with Crippen LogP contribution in [0.1, 0.15) is 188 Å². The van der Waals surface area contributed by atoms with Gasteiger partial charge in [-0.2, -0.15) is 0 Å². The van der Waals surface area contributed by atoms with Crippen molar-refractivity contribution in [3.8, 4) is 0 Å². The van der Waals surface area contributed by atoms with E-state index in [1.54, 1.807) is 0 Å². The van der Waals surface area contributed by atoms with Crippen LogP contribution in [0.25, 0.3) is 0 Å². The molecule has 0 aromatic rings. The third kappa shape index (κ3) is 45.0. The Morgan fingerprint density at radius 3 is 1.22 bits per heavy atom. The summed E-state index contributed by atoms with van der Waals surface area (Å²) in [5.41, 5.74) is 0. The van der Waals surface area contributed by atoms with E-state index in [-0.39, 0.29) is 37.5 Å². The molecule has 1 unspecified atom stereocenters. The summed E-state index contributed by atoms with van der Waals surface area (Å²) in [6.07, 6.45) is 62.2. The molecule has 0 bridgehead atoms. The fourth-order valence-electron chi connectivity index (χ4n) is 5.86. The van der Waals surface area contributed by atoms with Crippen molar-refractivity contribution in [2.24, 2.45) is 0 Å². The molecule has 0 aliphatic heterocycles. The second-order valence-corrected chi connectivity index (χ2v) is 15.0. The van der Waals surface area contributed by atoms with Gasteiger partial charge in [0.15, 0.2) is 6.10 Å². The van der Waals surface area contributed by atoms with Gasteiger partial charge in [0, 0.05) is 19.3 Å². The summed E-state index contributed by atoms with van der Waals surface area (Å²) >= 11 is 0. The van der Waals surface area contributed by atoms with E-state index in [2.05, 4.69) is 130 Å². The van der Waals surface area contributed by atoms with Crippen molar-refractivity contribution in [3.63, 3.8) is 0 Å². The van der Waals surface area contributed by atoms with Gasteiger partial charge in [-0.25, -0.2) is 0 Å². The average Bonchev–Trinajstić information content (AvgIpc) is 3.23. The van der Waals surface area contributed by atoms with Gasteiger partial charge in [0.25, 0.3) is 0 Å². The molecule has 0 radical (unpaired) electrons. The fourth-order valence-corrected chi connectivity index (χ4v) is 5.86. The molecule has 0 spiro atoms. The molecular weight excluding hydrogens is 733 g/mol. The lowest BCUT2D eigenvalue weighted by atomic mass is 10.1. The lowest BCUT2D eigenvalue weighted by Crippen LogP contribution is -2.30. The van der Waals surface area contributed by atoms with Crippen LogP contribution in [0.3, 0.4) is 0 Å². The maximum Gasteiger partial charge on any atom is 0.306 e. The van der Waals surface area contributed by atoms with Crippen molar-refractivity contribution in [3.05, 3.63) is 109 Å². The van der Waals surface area contributed by atoms with Gasteiger partial charge in [0.05, 0.1) is 0 Å². The summed E-state index contributed by atoms with van der Waals surface area (Å²) in [5.74, 6) is -1.01. The minimum absolute atomic E-state index is 0.113. The van der Waals surface area contributed by atoms with Crippen molar-refractivity contribution in [2.45, 2.75) is 194 Å². The van der Waals surface area contributed by atoms with E-state index in [4.69, 9.17) is 14.2 Å². The zero-order chi connectivity index (χ0) is 43.0. The van der Waals surface area contributed by atoms with Crippen molar-refractivity contribution in [1.82, 2.24) is 0 Å². The predicted molar refractivity (Wildman–Crippen MR) is 251 cm³/mol. The van der Waals surface area contributed by atoms with Crippen LogP contribution in [-0.2, 0) is 28.6 Å². The van der Waals surface area contributed by atoms with Crippen molar-refractivity contribution in [2.75, 3.05) is 13.2 Å². The average molecular weight is 817 g/mol. The Hall–Kier alpha value is -3.93. The third-order valence-corrected chi connectivity index (χ3v) is 9.34. The number of unbranched alkanes of at least 4 members (excludes halogenated alkanes) is 14. The predicted octanol–water partition coefficient (Wildman–Crippen LogP) is 15.2. The molecule has 6 nitrogen and oxygen atoms in total. The highest BCUT2D eigenvalue weighted by Crippen LogP contribution is 2.12. The van der Waals surface area contributed by atoms with Gasteiger partial charge >= 0.3 is 17.9 Å². The summed E-state index contributed by atoms with van der Waals surface area (Å²) < 4.78 is 16.6. The van der Waals surface area contributed by atoms with Crippen LogP contribution in [0, 0.1) is 0 Å². The second kappa shape index (κ2) is 46.8. The van der Waals surface area contributed by atoms with Gasteiger partial charge in [0.1, 0.15) is 13.2 Å². The number of carbonyl (C=O) groups excluding carboxylic acids is 3. The van der Waals surface area contributed by atoms with E-state index in [1.807, 2.05) is 0 Å². The molecule has 59 heavy (non-hydrogen) atoms. The molecule has 0 aliphatic rings. The molecule has 332 valence electrons. The summed E-state index contributed by atoms with van der Waals surface area (Å²) in [7, 11) is 0. The number of hydrogen-bond donors (Lipinski definition) is 0. The minimum Gasteiger partial charge on any atom is -0.462 e. The summed E-state index contributed by atoms with van der Waals surface area (Å²) in [6, 6.07) is 0. The van der Waals surface area contributed by atoms with E-state index in [9.17, 15) is 14.4 Å². The first-order chi connectivity index (χ1) is 29.0. The van der Waals surface area contributed by atoms with Crippen LogP contribution >= 0.6 is 0 Å². The molecule has 0 fully saturated rings. The highest BCUT2D eigenvalue weighted by atomic mass is 16.6. The molecule has 0 aromatic heterocycles. The SMILES string of the molecule is CC/C=C\C/C=C\C/C=C\CCCCCCC(=O)OC(COC(=O)CCCC/C=C\C/C=C\CC)COC(=O)CCCCCCC\C=C/C=C\C=C/C=C\CCCCC. The molecule has 0 saturated carbocycles. The Bertz CT molecular complexity index is 1260. The molecule has 0 amide bonds. The Morgan fingerprint density at radius 1 is 0.373 bits per heavy atom. The van der Waals surface area contributed by atoms with Crippen LogP contribution < -0.4 is 0 Å². The number of carbonyl (C=O) groups is 3. The molecule has 0 N–H and O–H groups in total. The minimum atomic E-state index is -0.813. The molecule has 6 heteroatoms. The van der Waals surface area contributed by atoms with Crippen LogP contribution in [0.4, 0.5) is 0 Å². The van der Waals surface area contributed by atoms with Crippen molar-refractivity contribution >= 4 is 17.9 Å². The fraction of sp³-hybridized carbons (Fsp3) is 0.604. The number of allylic oxidation sites excluding steroid dienone is 18. The first-order valence-corrected chi connectivity index (χ1v) is 23.4. The Balaban J connectivity index is 4.48. The summed E-state index contributed by atoms with van der Waals surface area (Å²) in [4.78, 5) is 37.7. The Morgan fingerprint density at radius 2 is 0.729 bits per heavy atom. The molecule has 0 rings (SSSR count). The van der Waals surface area contributed by atoms with Gasteiger partial charge in [-0.3, -0.25) is 14.4 Å². The molecule has 0 aromatic carbocycles. The van der Waals surface area contributed by atoms with Crippen LogP contribution in [0.2, 0.25) is 0 Å². The number of esters is 3. The topological polar surface area (TPSA) is 78.9 Å². The van der Waals surface area contributed by atoms with Crippen molar-refractivity contribution in [1.29, 1.82) is 0 Å². The summed E-state index contributed by atoms with van der Waals surface area (Å²) in [6.45, 7) is 6.26. The van der Waals surface area contributed by atoms with Gasteiger partial charge in [-0.05, 0) is 103 Å². The van der Waals surface area contributed by atoms with Gasteiger partial charge in [0.2, 0.25) is 0 Å². The Labute approximate surface area is 361 Å². The van der Waals surface area contributed by atoms with Gasteiger partial charge < -0.3 is 14.2 Å². The third-order valence-electron chi connectivity index (χ3n) is 9.34. The molecule has 0 heterocycles. The zero-order valence-electron chi connectivity index (χ0n) is 37.7. The standard InChI is InChI=1S/C53H84O6/c1-4-7-10-13-16-19-21-23-25-26-27-28-30-31-34-37-40-43-46-52(55)58-49-50(48-57-51(54)45-42-39-36-33-18-15-12-9-6-3)59-53(56)47-44-41-38-35-32-29-24-22-20-17-14-11-8-5-2/h8-9,11-12,16-21,23-29,33,50H,4-7,10,13-15,22,30-32,34-49H2,1-3H3/b11-8-,12-9-,19-16-,20-17-,23-21-,26-25-,28-27-,29-24-,33-18-. The van der Waals surface area contributed by atoms with Crippen LogP contribution in [0.15, 0.2) is 109 Å². The lowest BCUT2D eigenvalue weighted by molar-refractivity contribution is -0.167. The number of rotatable bonds is 40. The quantitative estimate of drug-likeness (QED) is 0.0201. The monoisotopic (exact) mass is 817 g/mol. The highest BCUT2D eigenvalue weighted by Gasteiger charge is 2.19. The lowest BCUT2D eigenvalue weighted by Gasteiger charge is -2.18. The van der Waals surface area contributed by atoms with Gasteiger partial charge in [-0.1, -0.05) is 175 Å². The van der Waals surface area contributed by atoms with E-state index in [0.717, 1.165) is 128 Å². The maximum atomic E-state index is 12.7. The summed E-state index contributed by atoms with van der Waals surface area (Å²) in [5, 5.41) is 0. The Kier molecular flexibility index (Phi) is 43.6. The maximum absolute atomic E-state index is 12.7.